The van der Waals surface area contributed by atoms with Crippen molar-refractivity contribution < 1.29 is 14.6 Å². The standard InChI is InChI=1S/C26H39N3O3/c1-2-3-4-5-6-7-8-9-18-32-23-10-11-25-24(19-23)22(12-15-28-17-14-27-21-28)20-29(25)16-13-26(30)31/h10-11,14,17,19,21-22H,2-9,12-13,15-16,18,20H2,1H3,(H,30,31). The number of unbranched alkanes of at least 4 members (excludes halogenated alkanes) is 7. The van der Waals surface area contributed by atoms with Crippen molar-refractivity contribution in [2.75, 3.05) is 24.6 Å². The quantitative estimate of drug-likeness (QED) is 0.330. The van der Waals surface area contributed by atoms with Gasteiger partial charge in [-0.25, -0.2) is 4.98 Å². The van der Waals surface area contributed by atoms with Crippen LogP contribution in [0.4, 0.5) is 5.69 Å². The predicted molar refractivity (Wildman–Crippen MR) is 129 cm³/mol. The van der Waals surface area contributed by atoms with Crippen LogP contribution in [0.25, 0.3) is 0 Å². The normalized spacial score (nSPS) is 15.2. The lowest BCUT2D eigenvalue weighted by molar-refractivity contribution is -0.136. The van der Waals surface area contributed by atoms with Gasteiger partial charge in [0.1, 0.15) is 5.75 Å². The molecule has 3 rings (SSSR count). The molecule has 0 aliphatic carbocycles. The van der Waals surface area contributed by atoms with E-state index < -0.39 is 5.97 Å². The first-order chi connectivity index (χ1) is 15.7. The van der Waals surface area contributed by atoms with Gasteiger partial charge in [0.25, 0.3) is 0 Å². The fraction of sp³-hybridized carbons (Fsp3) is 0.615. The molecule has 1 aliphatic rings. The van der Waals surface area contributed by atoms with E-state index in [4.69, 9.17) is 9.84 Å². The molecule has 176 valence electrons. The molecule has 32 heavy (non-hydrogen) atoms. The number of aliphatic carboxylic acids is 1. The second-order valence-corrected chi connectivity index (χ2v) is 8.92. The van der Waals surface area contributed by atoms with Crippen molar-refractivity contribution >= 4 is 11.7 Å². The zero-order valence-electron chi connectivity index (χ0n) is 19.5. The Hall–Kier alpha value is -2.50. The Balaban J connectivity index is 1.51. The summed E-state index contributed by atoms with van der Waals surface area (Å²) in [5.41, 5.74) is 2.44. The van der Waals surface area contributed by atoms with Crippen LogP contribution in [0.3, 0.4) is 0 Å². The minimum absolute atomic E-state index is 0.157. The number of hydrogen-bond acceptors (Lipinski definition) is 4. The second kappa shape index (κ2) is 13.1. The van der Waals surface area contributed by atoms with Crippen LogP contribution in [0.5, 0.6) is 5.75 Å². The van der Waals surface area contributed by atoms with E-state index in [2.05, 4.69) is 33.5 Å². The van der Waals surface area contributed by atoms with Crippen molar-refractivity contribution in [1.29, 1.82) is 0 Å². The molecule has 0 fully saturated rings. The molecule has 1 aromatic carbocycles. The number of imidazole rings is 1. The van der Waals surface area contributed by atoms with E-state index in [1.807, 2.05) is 18.6 Å². The van der Waals surface area contributed by atoms with E-state index in [0.717, 1.165) is 44.0 Å². The lowest BCUT2D eigenvalue weighted by atomic mass is 9.97. The smallest absolute Gasteiger partial charge is 0.305 e. The number of hydrogen-bond donors (Lipinski definition) is 1. The van der Waals surface area contributed by atoms with E-state index in [-0.39, 0.29) is 6.42 Å². The molecule has 0 amide bonds. The third kappa shape index (κ3) is 7.57. The van der Waals surface area contributed by atoms with E-state index in [9.17, 15) is 4.79 Å². The van der Waals surface area contributed by atoms with Crippen LogP contribution in [0.2, 0.25) is 0 Å². The average molecular weight is 442 g/mol. The third-order valence-corrected chi connectivity index (χ3v) is 6.38. The number of ether oxygens (including phenoxy) is 1. The van der Waals surface area contributed by atoms with Gasteiger partial charge in [0.2, 0.25) is 0 Å². The van der Waals surface area contributed by atoms with E-state index in [1.54, 1.807) is 6.20 Å². The summed E-state index contributed by atoms with van der Waals surface area (Å²) >= 11 is 0. The summed E-state index contributed by atoms with van der Waals surface area (Å²) < 4.78 is 8.18. The number of nitrogens with zero attached hydrogens (tertiary/aromatic N) is 3. The van der Waals surface area contributed by atoms with E-state index in [1.165, 1.54) is 50.5 Å². The summed E-state index contributed by atoms with van der Waals surface area (Å²) in [6, 6.07) is 6.33. The minimum Gasteiger partial charge on any atom is -0.494 e. The summed E-state index contributed by atoms with van der Waals surface area (Å²) in [5.74, 6) is 0.547. The van der Waals surface area contributed by atoms with Crippen molar-refractivity contribution in [2.45, 2.75) is 83.6 Å². The highest BCUT2D eigenvalue weighted by atomic mass is 16.5. The molecular formula is C26H39N3O3. The topological polar surface area (TPSA) is 67.6 Å². The van der Waals surface area contributed by atoms with Gasteiger partial charge in [-0.3, -0.25) is 4.79 Å². The summed E-state index contributed by atoms with van der Waals surface area (Å²) in [6.45, 7) is 5.32. The Morgan fingerprint density at radius 3 is 2.62 bits per heavy atom. The number of carboxylic acid groups (broad SMARTS) is 1. The second-order valence-electron chi connectivity index (χ2n) is 8.92. The first-order valence-electron chi connectivity index (χ1n) is 12.4. The van der Waals surface area contributed by atoms with E-state index in [0.29, 0.717) is 12.5 Å². The Kier molecular flexibility index (Phi) is 9.92. The number of aryl methyl sites for hydroxylation is 1. The first kappa shape index (κ1) is 24.1. The molecule has 6 heteroatoms. The van der Waals surface area contributed by atoms with Crippen molar-refractivity contribution in [2.24, 2.45) is 0 Å². The lowest BCUT2D eigenvalue weighted by Gasteiger charge is -2.19. The molecule has 1 aromatic heterocycles. The third-order valence-electron chi connectivity index (χ3n) is 6.38. The molecule has 1 aliphatic heterocycles. The van der Waals surface area contributed by atoms with Crippen molar-refractivity contribution in [3.8, 4) is 5.75 Å². The summed E-state index contributed by atoms with van der Waals surface area (Å²) in [6.07, 6.45) is 17.1. The highest BCUT2D eigenvalue weighted by Gasteiger charge is 2.29. The highest BCUT2D eigenvalue weighted by Crippen LogP contribution is 2.40. The fourth-order valence-electron chi connectivity index (χ4n) is 4.54. The van der Waals surface area contributed by atoms with Crippen LogP contribution in [-0.2, 0) is 11.3 Å². The minimum atomic E-state index is -0.751. The number of carbonyl (C=O) groups is 1. The molecule has 0 saturated carbocycles. The molecule has 0 saturated heterocycles. The number of anilines is 1. The monoisotopic (exact) mass is 441 g/mol. The number of rotatable bonds is 16. The van der Waals surface area contributed by atoms with Crippen LogP contribution >= 0.6 is 0 Å². The summed E-state index contributed by atoms with van der Waals surface area (Å²) in [4.78, 5) is 17.4. The molecule has 1 atom stereocenters. The predicted octanol–water partition coefficient (Wildman–Crippen LogP) is 5.87. The van der Waals surface area contributed by atoms with Crippen molar-refractivity contribution in [1.82, 2.24) is 9.55 Å². The fourth-order valence-corrected chi connectivity index (χ4v) is 4.54. The van der Waals surface area contributed by atoms with Crippen LogP contribution in [0.1, 0.15) is 82.6 Å². The molecule has 0 spiro atoms. The number of carboxylic acids is 1. The van der Waals surface area contributed by atoms with Crippen LogP contribution in [0.15, 0.2) is 36.9 Å². The highest BCUT2D eigenvalue weighted by molar-refractivity contribution is 5.69. The maximum Gasteiger partial charge on any atom is 0.305 e. The molecule has 0 radical (unpaired) electrons. The van der Waals surface area contributed by atoms with Gasteiger partial charge in [0.05, 0.1) is 19.4 Å². The van der Waals surface area contributed by atoms with Crippen LogP contribution in [0, 0.1) is 0 Å². The van der Waals surface area contributed by atoms with Gasteiger partial charge in [0.15, 0.2) is 0 Å². The Morgan fingerprint density at radius 2 is 1.91 bits per heavy atom. The molecule has 6 nitrogen and oxygen atoms in total. The van der Waals surface area contributed by atoms with E-state index >= 15 is 0 Å². The van der Waals surface area contributed by atoms with Crippen molar-refractivity contribution in [3.63, 3.8) is 0 Å². The average Bonchev–Trinajstić information content (AvgIpc) is 3.43. The van der Waals surface area contributed by atoms with Crippen molar-refractivity contribution in [3.05, 3.63) is 42.5 Å². The largest absolute Gasteiger partial charge is 0.494 e. The van der Waals surface area contributed by atoms with Crippen LogP contribution in [-0.4, -0.2) is 40.3 Å². The van der Waals surface area contributed by atoms with Gasteiger partial charge in [-0.1, -0.05) is 51.9 Å². The zero-order valence-corrected chi connectivity index (χ0v) is 19.5. The van der Waals surface area contributed by atoms with Gasteiger partial charge >= 0.3 is 5.97 Å². The Morgan fingerprint density at radius 1 is 1.12 bits per heavy atom. The van der Waals surface area contributed by atoms with Gasteiger partial charge < -0.3 is 19.3 Å². The Bertz CT molecular complexity index is 807. The first-order valence-corrected chi connectivity index (χ1v) is 12.4. The number of aromatic nitrogens is 2. The SMILES string of the molecule is CCCCCCCCCCOc1ccc2c(c1)C(CCn1ccnc1)CN2CCC(=O)O. The van der Waals surface area contributed by atoms with Gasteiger partial charge in [-0.2, -0.15) is 0 Å². The van der Waals surface area contributed by atoms with Crippen LogP contribution < -0.4 is 9.64 Å². The molecule has 1 N–H and O–H groups in total. The summed E-state index contributed by atoms with van der Waals surface area (Å²) in [7, 11) is 0. The number of fused-ring (bicyclic) bond motifs is 1. The molecule has 2 heterocycles. The molecule has 2 aromatic rings. The molecule has 0 bridgehead atoms. The maximum absolute atomic E-state index is 11.1. The van der Waals surface area contributed by atoms with Gasteiger partial charge in [-0.05, 0) is 36.6 Å². The van der Waals surface area contributed by atoms with Gasteiger partial charge in [-0.15, -0.1) is 0 Å². The summed E-state index contributed by atoms with van der Waals surface area (Å²) in [5, 5.41) is 9.12. The zero-order chi connectivity index (χ0) is 22.6. The molecule has 1 unspecified atom stereocenters. The van der Waals surface area contributed by atoms with Gasteiger partial charge in [0, 0.05) is 43.6 Å². The lowest BCUT2D eigenvalue weighted by Crippen LogP contribution is -2.25. The maximum atomic E-state index is 11.1. The Labute approximate surface area is 192 Å². The number of benzene rings is 1. The molecular weight excluding hydrogens is 402 g/mol.